The van der Waals surface area contributed by atoms with E-state index in [0.717, 1.165) is 16.7 Å². The molecule has 0 spiro atoms. The molecule has 0 radical (unpaired) electrons. The van der Waals surface area contributed by atoms with Crippen LogP contribution in [0, 0.1) is 23.7 Å². The van der Waals surface area contributed by atoms with E-state index in [9.17, 15) is 39.9 Å². The summed E-state index contributed by atoms with van der Waals surface area (Å²) in [6.45, 7) is 10.8. The van der Waals surface area contributed by atoms with Crippen LogP contribution in [0.25, 0.3) is 0 Å². The van der Waals surface area contributed by atoms with Crippen molar-refractivity contribution >= 4 is 18.3 Å². The number of methoxy groups -OCH3 is 4. The first kappa shape index (κ1) is 72.1. The monoisotopic (exact) mass is 1450 g/mol. The van der Waals surface area contributed by atoms with Crippen molar-refractivity contribution in [2.75, 3.05) is 94.9 Å². The van der Waals surface area contributed by atoms with Gasteiger partial charge in [0.25, 0.3) is 0 Å². The van der Waals surface area contributed by atoms with E-state index in [0.29, 0.717) is 45.4 Å². The molecule has 0 amide bonds. The Balaban J connectivity index is 0.000000175. The van der Waals surface area contributed by atoms with Crippen molar-refractivity contribution in [1.29, 1.82) is 0 Å². The highest BCUT2D eigenvalue weighted by Gasteiger charge is 2.58. The number of esters is 1. The molecule has 560 valence electrons. The first-order valence-electron chi connectivity index (χ1n) is 33.6. The first-order chi connectivity index (χ1) is 49.5. The van der Waals surface area contributed by atoms with Crippen LogP contribution in [0.2, 0.25) is 0 Å². The van der Waals surface area contributed by atoms with Gasteiger partial charge in [0.05, 0.1) is 92.0 Å². The molecule has 2 aliphatic carbocycles. The third-order valence-corrected chi connectivity index (χ3v) is 20.0. The average molecular weight is 1450 g/mol. The van der Waals surface area contributed by atoms with Crippen molar-refractivity contribution in [2.24, 2.45) is 23.7 Å². The van der Waals surface area contributed by atoms with Crippen LogP contribution in [-0.4, -0.2) is 236 Å². The molecule has 9 aliphatic heterocycles. The second kappa shape index (κ2) is 29.6. The van der Waals surface area contributed by atoms with Crippen molar-refractivity contribution < 1.29 is 159 Å². The van der Waals surface area contributed by atoms with Gasteiger partial charge in [0, 0.05) is 29.6 Å². The fraction of sp³-hybridized carbons (Fsp3) is 0.586. The average Bonchev–Trinajstić information content (AvgIpc) is 1.69. The molecule has 4 aromatic carbocycles. The van der Waals surface area contributed by atoms with E-state index in [2.05, 4.69) is 6.58 Å². The van der Waals surface area contributed by atoms with Gasteiger partial charge in [-0.05, 0) is 110 Å². The summed E-state index contributed by atoms with van der Waals surface area (Å²) in [4.78, 5) is 38.9. The lowest BCUT2D eigenvalue weighted by atomic mass is 9.65. The van der Waals surface area contributed by atoms with Crippen LogP contribution in [0.4, 0.5) is 9.59 Å². The second-order valence-electron chi connectivity index (χ2n) is 26.7. The van der Waals surface area contributed by atoms with Crippen molar-refractivity contribution in [1.82, 2.24) is 0 Å². The predicted octanol–water partition coefficient (Wildman–Crippen LogP) is 3.79. The summed E-state index contributed by atoms with van der Waals surface area (Å²) in [5.74, 6) is -1.60. The molecule has 15 rings (SSSR count). The summed E-state index contributed by atoms with van der Waals surface area (Å²) < 4.78 is 138. The van der Waals surface area contributed by atoms with Crippen LogP contribution in [0.3, 0.4) is 0 Å². The van der Waals surface area contributed by atoms with Gasteiger partial charge < -0.3 is 144 Å². The molecule has 33 heteroatoms. The van der Waals surface area contributed by atoms with Gasteiger partial charge in [0.1, 0.15) is 74.3 Å². The Hall–Kier alpha value is -7.81. The Bertz CT molecular complexity index is 3750. The largest absolute Gasteiger partial charge is 0.514 e. The lowest BCUT2D eigenvalue weighted by Crippen LogP contribution is -2.63. The van der Waals surface area contributed by atoms with Crippen molar-refractivity contribution in [2.45, 2.75) is 144 Å². The molecular formula is C70H82O33. The molecule has 7 saturated heterocycles. The number of allylic oxidation sites excluding steroid dienone is 1. The topological polar surface area (TPSA) is 394 Å². The summed E-state index contributed by atoms with van der Waals surface area (Å²) in [7, 11) is 5.62. The molecule has 9 heterocycles. The number of hydrogen-bond acceptors (Lipinski definition) is 33. The van der Waals surface area contributed by atoms with E-state index in [4.69, 9.17) is 119 Å². The zero-order chi connectivity index (χ0) is 72.4. The minimum Gasteiger partial charge on any atom is -0.498 e. The Morgan fingerprint density at radius 1 is 0.563 bits per heavy atom. The first-order valence-corrected chi connectivity index (χ1v) is 33.6. The maximum Gasteiger partial charge on any atom is 0.514 e. The van der Waals surface area contributed by atoms with Gasteiger partial charge >= 0.3 is 18.3 Å². The SMILES string of the molecule is C=C1OCC2C(OC3OC4COC(C)OC4C(O)C3O)c3cc4c(cc3[C@@H](c3cc(OC)c(OC(=O)OCC5COC(C)(C)O5)c(OC)c3)[C@@H]12)OCO4.COc1cc([C@@H]2c3cc4c(cc3C(OC3OC5COC(C)OC5C(O)C3O)C3COC(=O)[C@@H]32)OCO4)cc(OC)c1OC(=O)OCC(O)CO. The van der Waals surface area contributed by atoms with Gasteiger partial charge in [-0.2, -0.15) is 0 Å². The summed E-state index contributed by atoms with van der Waals surface area (Å²) in [6.07, 6.45) is -17.7. The zero-order valence-electron chi connectivity index (χ0n) is 57.3. The van der Waals surface area contributed by atoms with Crippen molar-refractivity contribution in [3.8, 4) is 57.5 Å². The highest BCUT2D eigenvalue weighted by atomic mass is 16.8. The number of aliphatic hydroxyl groups is 6. The molecule has 103 heavy (non-hydrogen) atoms. The molecule has 33 nitrogen and oxygen atoms in total. The minimum absolute atomic E-state index is 0.0269. The lowest BCUT2D eigenvalue weighted by molar-refractivity contribution is -0.364. The van der Waals surface area contributed by atoms with Gasteiger partial charge in [0.2, 0.25) is 25.1 Å². The van der Waals surface area contributed by atoms with Crippen LogP contribution in [0.1, 0.15) is 85.1 Å². The lowest BCUT2D eigenvalue weighted by Gasteiger charge is -2.48. The molecule has 11 aliphatic rings. The maximum atomic E-state index is 13.6. The highest BCUT2D eigenvalue weighted by molar-refractivity contribution is 5.79. The van der Waals surface area contributed by atoms with Crippen LogP contribution in [0.5, 0.6) is 57.5 Å². The molecule has 0 bridgehead atoms. The van der Waals surface area contributed by atoms with Gasteiger partial charge in [0.15, 0.2) is 76.9 Å². The third kappa shape index (κ3) is 14.0. The number of carbonyl (C=O) groups excluding carboxylic acids is 3. The van der Waals surface area contributed by atoms with E-state index in [1.54, 1.807) is 64.1 Å². The summed E-state index contributed by atoms with van der Waals surface area (Å²) >= 11 is 0. The Kier molecular flexibility index (Phi) is 20.7. The van der Waals surface area contributed by atoms with Crippen LogP contribution >= 0.6 is 0 Å². The quantitative estimate of drug-likeness (QED) is 0.0497. The molecule has 0 aromatic heterocycles. The molecule has 22 atom stereocenters. The van der Waals surface area contributed by atoms with Gasteiger partial charge in [-0.25, -0.2) is 9.59 Å². The molecule has 4 aromatic rings. The predicted molar refractivity (Wildman–Crippen MR) is 339 cm³/mol. The molecular weight excluding hydrogens is 1370 g/mol. The zero-order valence-corrected chi connectivity index (χ0v) is 57.3. The number of fused-ring (bicyclic) bond motifs is 8. The normalized spacial score (nSPS) is 34.1. The van der Waals surface area contributed by atoms with E-state index >= 15 is 0 Å². The molecule has 0 saturated carbocycles. The van der Waals surface area contributed by atoms with Gasteiger partial charge in [-0.1, -0.05) is 6.58 Å². The number of carbonyl (C=O) groups is 3. The highest BCUT2D eigenvalue weighted by Crippen LogP contribution is 2.61. The number of ether oxygens (including phenoxy) is 24. The summed E-state index contributed by atoms with van der Waals surface area (Å²) in [5, 5.41) is 63.0. The Labute approximate surface area is 589 Å². The molecule has 18 unspecified atom stereocenters. The number of hydrogen-bond donors (Lipinski definition) is 6. The standard InChI is InChI=1S/C37H44O16.C33H38O17/c1-16-28-22(13-43-16)32(51-35-31(39)30(38)34-27(50-35)14-44-17(2)49-34)21-10-24-23(46-15-47-24)9-20(21)29(28)18-7-25(41-5)33(26(8-18)42-6)52-36(40)45-11-19-12-48-37(3,4)53-19;1-13-42-11-23-30(47-13)26(36)27(37)32(48-23)49-28-17-7-20-19(45-12-46-20)6-16(17)24(25-18(28)10-43-31(25)38)14-4-21(40-2)29(22(5-14)41-3)50-33(39)44-9-15(35)8-34/h7-10,17,19,22,27-32,34-35,38-39H,1,11-15H2,2-6H3;4-7,13,15,18,23-28,30,32,34-37H,8-12H2,1-3H3/t17?,19?,22?,27?,28-,29+,30?,31?,32?,34?,35?;13?,15?,18?,23?,24-,25+,26?,27?,28?,30?,32?/m01/s1. The Morgan fingerprint density at radius 2 is 1.00 bits per heavy atom. The summed E-state index contributed by atoms with van der Waals surface area (Å²) in [5.41, 5.74) is 4.00. The smallest absolute Gasteiger partial charge is 0.498 e. The number of rotatable bonds is 17. The third-order valence-electron chi connectivity index (χ3n) is 20.0. The van der Waals surface area contributed by atoms with Crippen LogP contribution < -0.4 is 47.4 Å². The number of cyclic esters (lactones) is 1. The summed E-state index contributed by atoms with van der Waals surface area (Å²) in [6, 6.07) is 14.0. The van der Waals surface area contributed by atoms with Crippen LogP contribution in [-0.2, 0) is 71.1 Å². The van der Waals surface area contributed by atoms with Gasteiger partial charge in [-0.15, -0.1) is 0 Å². The van der Waals surface area contributed by atoms with Crippen LogP contribution in [0.15, 0.2) is 60.9 Å². The maximum absolute atomic E-state index is 13.6. The number of aliphatic hydroxyl groups excluding tert-OH is 6. The van der Waals surface area contributed by atoms with E-state index in [1.807, 2.05) is 12.1 Å². The van der Waals surface area contributed by atoms with E-state index in [-0.39, 0.29) is 99.6 Å². The van der Waals surface area contributed by atoms with Gasteiger partial charge in [-0.3, -0.25) is 4.79 Å². The minimum atomic E-state index is -1.49. The second-order valence-corrected chi connectivity index (χ2v) is 26.7. The fourth-order valence-corrected chi connectivity index (χ4v) is 15.2. The van der Waals surface area contributed by atoms with E-state index in [1.165, 1.54) is 28.4 Å². The molecule has 6 N–H and O–H groups in total. The fourth-order valence-electron chi connectivity index (χ4n) is 15.2. The van der Waals surface area contributed by atoms with Crippen molar-refractivity contribution in [3.63, 3.8) is 0 Å². The number of benzene rings is 4. The van der Waals surface area contributed by atoms with E-state index < -0.39 is 159 Å². The Morgan fingerprint density at radius 3 is 1.45 bits per heavy atom. The van der Waals surface area contributed by atoms with Crippen molar-refractivity contribution in [3.05, 3.63) is 94.2 Å². The molecule has 7 fully saturated rings.